The van der Waals surface area contributed by atoms with E-state index in [0.29, 0.717) is 16.2 Å². The van der Waals surface area contributed by atoms with E-state index in [9.17, 15) is 18.0 Å². The van der Waals surface area contributed by atoms with E-state index < -0.39 is 16.0 Å². The predicted molar refractivity (Wildman–Crippen MR) is 96.9 cm³/mol. The second-order valence-electron chi connectivity index (χ2n) is 5.27. The summed E-state index contributed by atoms with van der Waals surface area (Å²) in [5, 5.41) is 11.7. The maximum Gasteiger partial charge on any atom is 0.339 e. The molecule has 2 rings (SSSR count). The summed E-state index contributed by atoms with van der Waals surface area (Å²) in [5.41, 5.74) is 0.506. The van der Waals surface area contributed by atoms with Crippen LogP contribution in [0.25, 0.3) is 0 Å². The minimum Gasteiger partial charge on any atom is -0.478 e. The van der Waals surface area contributed by atoms with Crippen LogP contribution >= 0.6 is 11.8 Å². The highest BCUT2D eigenvalue weighted by Crippen LogP contribution is 2.28. The van der Waals surface area contributed by atoms with Crippen molar-refractivity contribution in [3.8, 4) is 0 Å². The first-order valence-corrected chi connectivity index (χ1v) is 10.4. The van der Waals surface area contributed by atoms with Crippen LogP contribution < -0.4 is 10.0 Å². The smallest absolute Gasteiger partial charge is 0.339 e. The lowest BCUT2D eigenvalue weighted by Gasteiger charge is -2.10. The summed E-state index contributed by atoms with van der Waals surface area (Å²) in [4.78, 5) is 24.1. The number of sulfonamides is 1. The molecule has 3 N–H and O–H groups in total. The molecule has 0 spiro atoms. The molecule has 8 nitrogen and oxygen atoms in total. The molecule has 0 aliphatic heterocycles. The average molecular weight is 398 g/mol. The number of rotatable bonds is 9. The van der Waals surface area contributed by atoms with Crippen LogP contribution in [0.4, 0.5) is 0 Å². The first-order chi connectivity index (χ1) is 12.3. The van der Waals surface area contributed by atoms with Crippen molar-refractivity contribution in [2.45, 2.75) is 10.6 Å². The lowest BCUT2D eigenvalue weighted by Crippen LogP contribution is -2.34. The molecule has 1 aromatic heterocycles. The number of thioether (sulfide) groups is 1. The third-order valence-electron chi connectivity index (χ3n) is 3.24. The molecule has 140 valence electrons. The van der Waals surface area contributed by atoms with Crippen LogP contribution in [0.5, 0.6) is 0 Å². The van der Waals surface area contributed by atoms with Crippen LogP contribution in [0.15, 0.2) is 45.9 Å². The number of nitrogens with one attached hydrogen (secondary N) is 2. The summed E-state index contributed by atoms with van der Waals surface area (Å²) in [7, 11) is -3.30. The summed E-state index contributed by atoms with van der Waals surface area (Å²) in [6.07, 6.45) is 2.35. The number of amides is 1. The molecule has 0 unspecified atom stereocenters. The van der Waals surface area contributed by atoms with E-state index in [-0.39, 0.29) is 30.3 Å². The molecule has 0 saturated heterocycles. The fraction of sp³-hybridized carbons (Fsp3) is 0.250. The predicted octanol–water partition coefficient (Wildman–Crippen LogP) is 1.55. The van der Waals surface area contributed by atoms with Gasteiger partial charge in [0.15, 0.2) is 0 Å². The number of hydrogen-bond acceptors (Lipinski definition) is 6. The number of carbonyl (C=O) groups is 2. The van der Waals surface area contributed by atoms with Gasteiger partial charge < -0.3 is 14.8 Å². The van der Waals surface area contributed by atoms with Crippen LogP contribution in [0.3, 0.4) is 0 Å². The van der Waals surface area contributed by atoms with Gasteiger partial charge in [0.25, 0.3) is 5.91 Å². The average Bonchev–Trinajstić information content (AvgIpc) is 3.05. The third kappa shape index (κ3) is 5.90. The molecule has 0 saturated carbocycles. The van der Waals surface area contributed by atoms with Crippen molar-refractivity contribution in [3.63, 3.8) is 0 Å². The molecule has 0 bridgehead atoms. The second kappa shape index (κ2) is 8.88. The van der Waals surface area contributed by atoms with Gasteiger partial charge in [0.1, 0.15) is 11.3 Å². The van der Waals surface area contributed by atoms with E-state index in [1.165, 1.54) is 24.1 Å². The van der Waals surface area contributed by atoms with Crippen LogP contribution in [-0.2, 0) is 15.8 Å². The van der Waals surface area contributed by atoms with Gasteiger partial charge in [0, 0.05) is 18.0 Å². The van der Waals surface area contributed by atoms with Crippen LogP contribution in [0.1, 0.15) is 26.5 Å². The summed E-state index contributed by atoms with van der Waals surface area (Å²) in [6.45, 7) is 0.237. The SMILES string of the molecule is CS(=O)(=O)NCCNC(=O)c1ccccc1SCc1occc1C(=O)O. The Morgan fingerprint density at radius 2 is 1.88 bits per heavy atom. The Hall–Kier alpha value is -2.30. The Balaban J connectivity index is 1.99. The maximum absolute atomic E-state index is 12.3. The molecule has 26 heavy (non-hydrogen) atoms. The van der Waals surface area contributed by atoms with Crippen molar-refractivity contribution in [2.75, 3.05) is 19.3 Å². The number of furan rings is 1. The number of hydrogen-bond donors (Lipinski definition) is 3. The highest BCUT2D eigenvalue weighted by Gasteiger charge is 2.16. The van der Waals surface area contributed by atoms with Crippen molar-refractivity contribution in [3.05, 3.63) is 53.5 Å². The third-order valence-corrected chi connectivity index (χ3v) is 5.04. The normalized spacial score (nSPS) is 11.3. The van der Waals surface area contributed by atoms with E-state index in [0.717, 1.165) is 6.26 Å². The van der Waals surface area contributed by atoms with Crippen LogP contribution in [0, 0.1) is 0 Å². The Kier molecular flexibility index (Phi) is 6.83. The Morgan fingerprint density at radius 3 is 2.58 bits per heavy atom. The number of carbonyl (C=O) groups excluding carboxylic acids is 1. The molecule has 10 heteroatoms. The molecule has 1 amide bonds. The monoisotopic (exact) mass is 398 g/mol. The maximum atomic E-state index is 12.3. The van der Waals surface area contributed by atoms with Gasteiger partial charge in [0.2, 0.25) is 10.0 Å². The quantitative estimate of drug-likeness (QED) is 0.432. The zero-order chi connectivity index (χ0) is 19.2. The molecule has 1 heterocycles. The molecule has 2 aromatic rings. The van der Waals surface area contributed by atoms with Crippen LogP contribution in [0.2, 0.25) is 0 Å². The zero-order valence-corrected chi connectivity index (χ0v) is 15.5. The van der Waals surface area contributed by atoms with Gasteiger partial charge in [0.05, 0.1) is 23.8 Å². The first kappa shape index (κ1) is 20.0. The van der Waals surface area contributed by atoms with Gasteiger partial charge >= 0.3 is 5.97 Å². The van der Waals surface area contributed by atoms with E-state index in [2.05, 4.69) is 10.0 Å². The van der Waals surface area contributed by atoms with Gasteiger partial charge in [-0.1, -0.05) is 12.1 Å². The molecule has 0 radical (unpaired) electrons. The van der Waals surface area contributed by atoms with Crippen LogP contribution in [-0.4, -0.2) is 44.7 Å². The largest absolute Gasteiger partial charge is 0.478 e. The van der Waals surface area contributed by atoms with Gasteiger partial charge in [-0.25, -0.2) is 17.9 Å². The first-order valence-electron chi connectivity index (χ1n) is 7.52. The number of carboxylic acids is 1. The van der Waals surface area contributed by atoms with E-state index in [4.69, 9.17) is 9.52 Å². The second-order valence-corrected chi connectivity index (χ2v) is 8.12. The highest BCUT2D eigenvalue weighted by atomic mass is 32.2. The van der Waals surface area contributed by atoms with Gasteiger partial charge in [-0.15, -0.1) is 11.8 Å². The number of aromatic carboxylic acids is 1. The molecular formula is C16H18N2O6S2. The van der Waals surface area contributed by atoms with Crippen molar-refractivity contribution in [2.24, 2.45) is 0 Å². The van der Waals surface area contributed by atoms with E-state index in [1.54, 1.807) is 24.3 Å². The van der Waals surface area contributed by atoms with Gasteiger partial charge in [-0.2, -0.15) is 0 Å². The lowest BCUT2D eigenvalue weighted by molar-refractivity contribution is 0.0694. The Bertz CT molecular complexity index is 892. The van der Waals surface area contributed by atoms with Gasteiger partial charge in [-0.05, 0) is 18.2 Å². The zero-order valence-electron chi connectivity index (χ0n) is 13.9. The standard InChI is InChI=1S/C16H18N2O6S2/c1-26(22,23)18-8-7-17-15(19)12-4-2-3-5-14(12)25-10-13-11(16(20)21)6-9-24-13/h2-6,9,18H,7-8,10H2,1H3,(H,17,19)(H,20,21). The topological polar surface area (TPSA) is 126 Å². The summed E-state index contributed by atoms with van der Waals surface area (Å²) in [5.74, 6) is -0.843. The minimum atomic E-state index is -3.30. The summed E-state index contributed by atoms with van der Waals surface area (Å²) < 4.78 is 29.5. The van der Waals surface area contributed by atoms with Crippen molar-refractivity contribution in [1.29, 1.82) is 0 Å². The summed E-state index contributed by atoms with van der Waals surface area (Å²) >= 11 is 1.28. The Labute approximate surface area is 155 Å². The van der Waals surface area contributed by atoms with E-state index >= 15 is 0 Å². The molecule has 0 aliphatic rings. The number of benzene rings is 1. The molecule has 0 fully saturated rings. The molecule has 0 aliphatic carbocycles. The lowest BCUT2D eigenvalue weighted by atomic mass is 10.2. The summed E-state index contributed by atoms with van der Waals surface area (Å²) in [6, 6.07) is 8.25. The van der Waals surface area contributed by atoms with Crippen molar-refractivity contribution in [1.82, 2.24) is 10.0 Å². The fourth-order valence-corrected chi connectivity index (χ4v) is 3.55. The minimum absolute atomic E-state index is 0.0891. The molecule has 0 atom stereocenters. The molecule has 1 aromatic carbocycles. The van der Waals surface area contributed by atoms with Crippen molar-refractivity contribution >= 4 is 33.7 Å². The Morgan fingerprint density at radius 1 is 1.15 bits per heavy atom. The van der Waals surface area contributed by atoms with E-state index in [1.807, 2.05) is 0 Å². The molecular weight excluding hydrogens is 380 g/mol. The number of carboxylic acid groups (broad SMARTS) is 1. The van der Waals surface area contributed by atoms with Crippen molar-refractivity contribution < 1.29 is 27.5 Å². The fourth-order valence-electron chi connectivity index (χ4n) is 2.07. The highest BCUT2D eigenvalue weighted by molar-refractivity contribution is 7.98. The van der Waals surface area contributed by atoms with Gasteiger partial charge in [-0.3, -0.25) is 4.79 Å².